The Morgan fingerprint density at radius 3 is 1.66 bits per heavy atom. The molecule has 0 aliphatic rings. The zero-order chi connectivity index (χ0) is 22.1. The zero-order valence-electron chi connectivity index (χ0n) is 18.0. The first-order chi connectivity index (χ1) is 15.8. The van der Waals surface area contributed by atoms with Crippen LogP contribution in [0.4, 0.5) is 0 Å². The van der Waals surface area contributed by atoms with Gasteiger partial charge in [-0.25, -0.2) is 0 Å². The second-order valence-corrected chi connectivity index (χ2v) is 11.0. The first kappa shape index (κ1) is 21.6. The van der Waals surface area contributed by atoms with Gasteiger partial charge in [-0.15, -0.1) is 6.58 Å². The Morgan fingerprint density at radius 2 is 1.16 bits per heavy atom. The van der Waals surface area contributed by atoms with Gasteiger partial charge < -0.3 is 4.43 Å². The molecule has 0 heterocycles. The molecular weight excluding hydrogens is 404 g/mol. The number of hydrogen-bond donors (Lipinski definition) is 0. The van der Waals surface area contributed by atoms with Crippen molar-refractivity contribution in [3.63, 3.8) is 0 Å². The molecule has 0 radical (unpaired) electrons. The Morgan fingerprint density at radius 1 is 0.688 bits per heavy atom. The van der Waals surface area contributed by atoms with Crippen molar-refractivity contribution in [2.45, 2.75) is 12.1 Å². The van der Waals surface area contributed by atoms with Crippen LogP contribution in [0, 0.1) is 11.8 Å². The number of rotatable bonds is 7. The van der Waals surface area contributed by atoms with Gasteiger partial charge in [0.15, 0.2) is 0 Å². The Balaban J connectivity index is 1.85. The van der Waals surface area contributed by atoms with Gasteiger partial charge >= 0.3 is 0 Å². The van der Waals surface area contributed by atoms with Crippen molar-refractivity contribution in [1.82, 2.24) is 0 Å². The lowest BCUT2D eigenvalue weighted by atomic mass is 10.1. The second kappa shape index (κ2) is 10.6. The van der Waals surface area contributed by atoms with Gasteiger partial charge in [-0.05, 0) is 34.1 Å². The first-order valence-corrected chi connectivity index (χ1v) is 12.9. The molecule has 0 saturated heterocycles. The highest BCUT2D eigenvalue weighted by molar-refractivity contribution is 6.97. The van der Waals surface area contributed by atoms with Crippen molar-refractivity contribution in [2.24, 2.45) is 0 Å². The van der Waals surface area contributed by atoms with E-state index in [1.54, 1.807) is 0 Å². The van der Waals surface area contributed by atoms with E-state index >= 15 is 0 Å². The quantitative estimate of drug-likeness (QED) is 0.206. The first-order valence-electron chi connectivity index (χ1n) is 10.8. The predicted octanol–water partition coefficient (Wildman–Crippen LogP) is 5.74. The van der Waals surface area contributed by atoms with Gasteiger partial charge in [-0.3, -0.25) is 0 Å². The lowest BCUT2D eigenvalue weighted by Crippen LogP contribution is -2.60. The largest absolute Gasteiger partial charge is 0.390 e. The monoisotopic (exact) mass is 430 g/mol. The molecule has 1 nitrogen and oxygen atoms in total. The molecular formula is C30H26OSi. The number of allylic oxidation sites excluding steroid dienone is 1. The zero-order valence-corrected chi connectivity index (χ0v) is 19.0. The van der Waals surface area contributed by atoms with Crippen molar-refractivity contribution in [3.8, 4) is 11.8 Å². The standard InChI is InChI=1S/C30H26OSi/c1-2-25-32(28-19-11-5-12-20-28,29-21-13-6-14-22-29)31-30(27-17-9-4-10-18-27)24-23-26-15-7-3-8-16-26/h2-22,30H,1,25H2. The summed E-state index contributed by atoms with van der Waals surface area (Å²) >= 11 is 0. The van der Waals surface area contributed by atoms with Crippen LogP contribution in [0.1, 0.15) is 17.2 Å². The van der Waals surface area contributed by atoms with Gasteiger partial charge in [0, 0.05) is 5.56 Å². The summed E-state index contributed by atoms with van der Waals surface area (Å²) in [7, 11) is -2.65. The molecule has 4 aromatic carbocycles. The van der Waals surface area contributed by atoms with E-state index in [1.807, 2.05) is 66.7 Å². The topological polar surface area (TPSA) is 9.23 Å². The normalized spacial score (nSPS) is 11.8. The molecule has 0 saturated carbocycles. The van der Waals surface area contributed by atoms with E-state index in [1.165, 1.54) is 10.4 Å². The third-order valence-corrected chi connectivity index (χ3v) is 9.49. The van der Waals surface area contributed by atoms with Gasteiger partial charge in [-0.2, -0.15) is 0 Å². The van der Waals surface area contributed by atoms with E-state index in [0.717, 1.165) is 17.2 Å². The van der Waals surface area contributed by atoms with Gasteiger partial charge in [0.05, 0.1) is 0 Å². The van der Waals surface area contributed by atoms with E-state index in [4.69, 9.17) is 4.43 Å². The van der Waals surface area contributed by atoms with Crippen molar-refractivity contribution in [2.75, 3.05) is 0 Å². The fraction of sp³-hybridized carbons (Fsp3) is 0.0667. The Labute approximate surface area is 192 Å². The molecule has 0 aliphatic carbocycles. The fourth-order valence-electron chi connectivity index (χ4n) is 3.88. The van der Waals surface area contributed by atoms with Crippen LogP contribution in [0.3, 0.4) is 0 Å². The minimum absolute atomic E-state index is 0.358. The van der Waals surface area contributed by atoms with Crippen LogP contribution >= 0.6 is 0 Å². The molecule has 156 valence electrons. The second-order valence-electron chi connectivity index (χ2n) is 7.60. The SMILES string of the molecule is C=CC[Si](OC(C#Cc1ccccc1)c1ccccc1)(c1ccccc1)c1ccccc1. The van der Waals surface area contributed by atoms with E-state index in [-0.39, 0.29) is 6.10 Å². The number of benzene rings is 4. The Hall–Kier alpha value is -3.64. The summed E-state index contributed by atoms with van der Waals surface area (Å²) in [6.45, 7) is 4.09. The lowest BCUT2D eigenvalue weighted by Gasteiger charge is -2.34. The van der Waals surface area contributed by atoms with E-state index in [9.17, 15) is 0 Å². The van der Waals surface area contributed by atoms with Gasteiger partial charge in [-0.1, -0.05) is 127 Å². The summed E-state index contributed by atoms with van der Waals surface area (Å²) < 4.78 is 7.15. The Kier molecular flexibility index (Phi) is 7.14. The molecule has 0 bridgehead atoms. The van der Waals surface area contributed by atoms with Crippen LogP contribution in [-0.4, -0.2) is 8.32 Å². The molecule has 1 unspecified atom stereocenters. The average molecular weight is 431 g/mol. The molecule has 0 fully saturated rings. The van der Waals surface area contributed by atoms with Gasteiger partial charge in [0.25, 0.3) is 8.32 Å². The smallest absolute Gasteiger partial charge is 0.261 e. The van der Waals surface area contributed by atoms with Crippen LogP contribution in [0.2, 0.25) is 6.04 Å². The molecule has 0 N–H and O–H groups in total. The van der Waals surface area contributed by atoms with Crippen LogP contribution in [0.15, 0.2) is 134 Å². The molecule has 4 rings (SSSR count). The van der Waals surface area contributed by atoms with Gasteiger partial charge in [0.1, 0.15) is 6.10 Å². The summed E-state index contributed by atoms with van der Waals surface area (Å²) in [4.78, 5) is 0. The molecule has 1 atom stereocenters. The van der Waals surface area contributed by atoms with Crippen molar-refractivity contribution < 1.29 is 4.43 Å². The van der Waals surface area contributed by atoms with Crippen molar-refractivity contribution in [1.29, 1.82) is 0 Å². The molecule has 0 aromatic heterocycles. The number of hydrogen-bond acceptors (Lipinski definition) is 1. The van der Waals surface area contributed by atoms with E-state index < -0.39 is 8.32 Å². The molecule has 0 spiro atoms. The maximum Gasteiger partial charge on any atom is 0.261 e. The minimum Gasteiger partial charge on any atom is -0.390 e. The van der Waals surface area contributed by atoms with Crippen molar-refractivity contribution >= 4 is 18.7 Å². The summed E-state index contributed by atoms with van der Waals surface area (Å²) in [5.41, 5.74) is 2.04. The lowest BCUT2D eigenvalue weighted by molar-refractivity contribution is 0.263. The average Bonchev–Trinajstić information content (AvgIpc) is 2.88. The van der Waals surface area contributed by atoms with Crippen LogP contribution in [-0.2, 0) is 4.43 Å². The third kappa shape index (κ3) is 4.98. The molecule has 0 amide bonds. The Bertz CT molecular complexity index is 1140. The maximum absolute atomic E-state index is 7.15. The van der Waals surface area contributed by atoms with Crippen molar-refractivity contribution in [3.05, 3.63) is 145 Å². The summed E-state index contributed by atoms with van der Waals surface area (Å²) in [5.74, 6) is 6.77. The highest BCUT2D eigenvalue weighted by Crippen LogP contribution is 2.25. The van der Waals surface area contributed by atoms with Crippen LogP contribution < -0.4 is 10.4 Å². The van der Waals surface area contributed by atoms with E-state index in [2.05, 4.69) is 79.1 Å². The summed E-state index contributed by atoms with van der Waals surface area (Å²) in [6, 6.07) is 42.2. The minimum atomic E-state index is -2.65. The predicted molar refractivity (Wildman–Crippen MR) is 136 cm³/mol. The summed E-state index contributed by atoms with van der Waals surface area (Å²) in [5, 5.41) is 2.43. The van der Waals surface area contributed by atoms with Crippen LogP contribution in [0.25, 0.3) is 0 Å². The van der Waals surface area contributed by atoms with Gasteiger partial charge in [0.2, 0.25) is 0 Å². The molecule has 32 heavy (non-hydrogen) atoms. The summed E-state index contributed by atoms with van der Waals surface area (Å²) in [6.07, 6.45) is 1.63. The molecule has 4 aromatic rings. The highest BCUT2D eigenvalue weighted by atomic mass is 28.4. The highest BCUT2D eigenvalue weighted by Gasteiger charge is 2.40. The third-order valence-electron chi connectivity index (χ3n) is 5.45. The maximum atomic E-state index is 7.15. The molecule has 2 heteroatoms. The van der Waals surface area contributed by atoms with E-state index in [0.29, 0.717) is 0 Å². The van der Waals surface area contributed by atoms with Crippen LogP contribution in [0.5, 0.6) is 0 Å². The molecule has 0 aliphatic heterocycles. The fourth-order valence-corrected chi connectivity index (χ4v) is 7.52.